The number of allylic oxidation sites excluding steroid dienone is 1. The molecule has 1 aromatic carbocycles. The van der Waals surface area contributed by atoms with Gasteiger partial charge in [-0.25, -0.2) is 4.79 Å². The number of hydrogen-bond donors (Lipinski definition) is 0. The van der Waals surface area contributed by atoms with E-state index >= 15 is 0 Å². The van der Waals surface area contributed by atoms with Crippen LogP contribution in [0.15, 0.2) is 47.1 Å². The summed E-state index contributed by atoms with van der Waals surface area (Å²) in [5.74, 6) is -0.358. The Balaban J connectivity index is 1.96. The summed E-state index contributed by atoms with van der Waals surface area (Å²) in [6, 6.07) is 9.63. The molecule has 0 aromatic heterocycles. The number of benzene rings is 1. The maximum atomic E-state index is 11.9. The van der Waals surface area contributed by atoms with E-state index in [0.29, 0.717) is 12.4 Å². The second-order valence-corrected chi connectivity index (χ2v) is 4.43. The van der Waals surface area contributed by atoms with Gasteiger partial charge in [-0.1, -0.05) is 37.3 Å². The molecular formula is C15H18N2O2. The van der Waals surface area contributed by atoms with Crippen LogP contribution in [0.2, 0.25) is 0 Å². The van der Waals surface area contributed by atoms with Crippen molar-refractivity contribution < 1.29 is 9.53 Å². The van der Waals surface area contributed by atoms with Crippen LogP contribution in [0.1, 0.15) is 18.9 Å². The van der Waals surface area contributed by atoms with E-state index in [0.717, 1.165) is 17.7 Å². The summed E-state index contributed by atoms with van der Waals surface area (Å²) in [7, 11) is 1.96. The Kier molecular flexibility index (Phi) is 4.34. The average molecular weight is 258 g/mol. The third-order valence-corrected chi connectivity index (χ3v) is 3.03. The largest absolute Gasteiger partial charge is 0.456 e. The number of rotatable bonds is 4. The summed E-state index contributed by atoms with van der Waals surface area (Å²) in [6.07, 6.45) is 2.68. The Morgan fingerprint density at radius 2 is 2.11 bits per heavy atom. The quantitative estimate of drug-likeness (QED) is 0.779. The SMILES string of the molecule is CCC1=CC(C(=O)OCc2ccccc2)=NCN1C. The van der Waals surface area contributed by atoms with Gasteiger partial charge in [0.15, 0.2) is 0 Å². The molecule has 0 fully saturated rings. The first kappa shape index (κ1) is 13.3. The second-order valence-electron chi connectivity index (χ2n) is 4.43. The molecule has 1 heterocycles. The Labute approximate surface area is 113 Å². The number of esters is 1. The third kappa shape index (κ3) is 3.44. The summed E-state index contributed by atoms with van der Waals surface area (Å²) >= 11 is 0. The van der Waals surface area contributed by atoms with Gasteiger partial charge in [-0.15, -0.1) is 0 Å². The molecule has 0 bridgehead atoms. The monoisotopic (exact) mass is 258 g/mol. The number of ether oxygens (including phenoxy) is 1. The van der Waals surface area contributed by atoms with Crippen LogP contribution < -0.4 is 0 Å². The minimum atomic E-state index is -0.358. The molecule has 0 atom stereocenters. The van der Waals surface area contributed by atoms with Crippen LogP contribution in [0.4, 0.5) is 0 Å². The lowest BCUT2D eigenvalue weighted by atomic mass is 10.2. The van der Waals surface area contributed by atoms with Gasteiger partial charge in [-0.2, -0.15) is 0 Å². The summed E-state index contributed by atoms with van der Waals surface area (Å²) in [4.78, 5) is 18.2. The van der Waals surface area contributed by atoms with Crippen molar-refractivity contribution in [2.75, 3.05) is 13.7 Å². The van der Waals surface area contributed by atoms with Gasteiger partial charge in [0.2, 0.25) is 0 Å². The van der Waals surface area contributed by atoms with Crippen LogP contribution in [0.25, 0.3) is 0 Å². The molecule has 19 heavy (non-hydrogen) atoms. The predicted octanol–water partition coefficient (Wildman–Crippen LogP) is 2.37. The van der Waals surface area contributed by atoms with Gasteiger partial charge in [-0.3, -0.25) is 4.99 Å². The van der Waals surface area contributed by atoms with Gasteiger partial charge in [0.25, 0.3) is 0 Å². The zero-order valence-corrected chi connectivity index (χ0v) is 11.3. The van der Waals surface area contributed by atoms with Gasteiger partial charge >= 0.3 is 5.97 Å². The molecule has 0 saturated carbocycles. The van der Waals surface area contributed by atoms with Crippen molar-refractivity contribution in [3.8, 4) is 0 Å². The molecule has 4 heteroatoms. The molecule has 0 radical (unpaired) electrons. The highest BCUT2D eigenvalue weighted by Crippen LogP contribution is 2.12. The van der Waals surface area contributed by atoms with E-state index < -0.39 is 0 Å². The fourth-order valence-corrected chi connectivity index (χ4v) is 1.88. The van der Waals surface area contributed by atoms with Crippen molar-refractivity contribution in [1.82, 2.24) is 4.90 Å². The minimum absolute atomic E-state index is 0.282. The Hall–Kier alpha value is -2.10. The Morgan fingerprint density at radius 1 is 1.37 bits per heavy atom. The van der Waals surface area contributed by atoms with Crippen molar-refractivity contribution in [3.63, 3.8) is 0 Å². The van der Waals surface area contributed by atoms with E-state index in [4.69, 9.17) is 4.74 Å². The summed E-state index contributed by atoms with van der Waals surface area (Å²) in [5.41, 5.74) is 2.48. The summed E-state index contributed by atoms with van der Waals surface area (Å²) in [6.45, 7) is 2.85. The first-order chi connectivity index (χ1) is 9.20. The van der Waals surface area contributed by atoms with Gasteiger partial charge in [-0.05, 0) is 18.1 Å². The normalized spacial score (nSPS) is 14.7. The molecule has 0 amide bonds. The predicted molar refractivity (Wildman–Crippen MR) is 74.7 cm³/mol. The number of carbonyl (C=O) groups excluding carboxylic acids is 1. The van der Waals surface area contributed by atoms with Gasteiger partial charge in [0.1, 0.15) is 19.0 Å². The minimum Gasteiger partial charge on any atom is -0.456 e. The zero-order chi connectivity index (χ0) is 13.7. The van der Waals surface area contributed by atoms with Crippen LogP contribution in [0.3, 0.4) is 0 Å². The fraction of sp³-hybridized carbons (Fsp3) is 0.333. The van der Waals surface area contributed by atoms with Gasteiger partial charge < -0.3 is 9.64 Å². The molecule has 0 unspecified atom stereocenters. The molecule has 1 aliphatic heterocycles. The Bertz CT molecular complexity index is 506. The molecule has 1 aromatic rings. The highest BCUT2D eigenvalue weighted by atomic mass is 16.5. The lowest BCUT2D eigenvalue weighted by molar-refractivity contribution is -0.136. The van der Waals surface area contributed by atoms with Crippen molar-refractivity contribution in [2.24, 2.45) is 4.99 Å². The molecule has 1 aliphatic rings. The molecule has 0 N–H and O–H groups in total. The average Bonchev–Trinajstić information content (AvgIpc) is 2.46. The van der Waals surface area contributed by atoms with Crippen LogP contribution >= 0.6 is 0 Å². The number of carbonyl (C=O) groups is 1. The van der Waals surface area contributed by atoms with Crippen molar-refractivity contribution in [2.45, 2.75) is 20.0 Å². The van der Waals surface area contributed by atoms with E-state index in [-0.39, 0.29) is 12.6 Å². The number of hydrogen-bond acceptors (Lipinski definition) is 4. The smallest absolute Gasteiger partial charge is 0.356 e. The van der Waals surface area contributed by atoms with Crippen LogP contribution in [0, 0.1) is 0 Å². The molecular weight excluding hydrogens is 240 g/mol. The third-order valence-electron chi connectivity index (χ3n) is 3.03. The molecule has 0 spiro atoms. The molecule has 0 saturated heterocycles. The summed E-state index contributed by atoms with van der Waals surface area (Å²) < 4.78 is 5.26. The van der Waals surface area contributed by atoms with Crippen LogP contribution in [-0.4, -0.2) is 30.3 Å². The van der Waals surface area contributed by atoms with Crippen LogP contribution in [0.5, 0.6) is 0 Å². The lowest BCUT2D eigenvalue weighted by Gasteiger charge is -2.23. The lowest BCUT2D eigenvalue weighted by Crippen LogP contribution is -2.27. The fourth-order valence-electron chi connectivity index (χ4n) is 1.88. The van der Waals surface area contributed by atoms with Gasteiger partial charge in [0, 0.05) is 12.7 Å². The molecule has 0 aliphatic carbocycles. The van der Waals surface area contributed by atoms with Crippen LogP contribution in [-0.2, 0) is 16.1 Å². The summed E-state index contributed by atoms with van der Waals surface area (Å²) in [5, 5.41) is 0. The first-order valence-corrected chi connectivity index (χ1v) is 6.38. The van der Waals surface area contributed by atoms with Crippen molar-refractivity contribution in [1.29, 1.82) is 0 Å². The van der Waals surface area contributed by atoms with E-state index in [1.54, 1.807) is 6.08 Å². The zero-order valence-electron chi connectivity index (χ0n) is 11.3. The maximum Gasteiger partial charge on any atom is 0.356 e. The first-order valence-electron chi connectivity index (χ1n) is 6.38. The van der Waals surface area contributed by atoms with Gasteiger partial charge in [0.05, 0.1) is 0 Å². The van der Waals surface area contributed by atoms with E-state index in [2.05, 4.69) is 11.9 Å². The number of nitrogens with zero attached hydrogens (tertiary/aromatic N) is 2. The van der Waals surface area contributed by atoms with E-state index in [1.807, 2.05) is 42.3 Å². The highest BCUT2D eigenvalue weighted by Gasteiger charge is 2.17. The molecule has 100 valence electrons. The maximum absolute atomic E-state index is 11.9. The molecule has 4 nitrogen and oxygen atoms in total. The topological polar surface area (TPSA) is 41.9 Å². The van der Waals surface area contributed by atoms with E-state index in [1.165, 1.54) is 0 Å². The molecule has 2 rings (SSSR count). The highest BCUT2D eigenvalue weighted by molar-refractivity contribution is 6.41. The van der Waals surface area contributed by atoms with Crippen molar-refractivity contribution >= 4 is 11.7 Å². The Morgan fingerprint density at radius 3 is 2.79 bits per heavy atom. The standard InChI is InChI=1S/C15H18N2O2/c1-3-13-9-14(16-11-17(13)2)15(18)19-10-12-7-5-4-6-8-12/h4-9H,3,10-11H2,1-2H3. The second kappa shape index (κ2) is 6.18. The number of aliphatic imine (C=N–C) groups is 1. The van der Waals surface area contributed by atoms with E-state index in [9.17, 15) is 4.79 Å². The van der Waals surface area contributed by atoms with Crippen molar-refractivity contribution in [3.05, 3.63) is 47.7 Å².